The zero-order valence-corrected chi connectivity index (χ0v) is 14.9. The molecule has 3 heterocycles. The van der Waals surface area contributed by atoms with Gasteiger partial charge in [-0.15, -0.1) is 11.3 Å². The first-order chi connectivity index (χ1) is 12.0. The fraction of sp³-hybridized carbons (Fsp3) is 0.222. The smallest absolute Gasteiger partial charge is 0.291 e. The topological polar surface area (TPSA) is 75.7 Å². The van der Waals surface area contributed by atoms with Crippen molar-refractivity contribution >= 4 is 28.2 Å². The number of carbonyl (C=O) groups is 2. The summed E-state index contributed by atoms with van der Waals surface area (Å²) in [6, 6.07) is 8.46. The van der Waals surface area contributed by atoms with E-state index < -0.39 is 0 Å². The summed E-state index contributed by atoms with van der Waals surface area (Å²) in [6.07, 6.45) is 3.03. The molecule has 0 spiro atoms. The fourth-order valence-electron chi connectivity index (χ4n) is 2.39. The number of carbonyl (C=O) groups excluding carboxylic acids is 2. The van der Waals surface area contributed by atoms with Crippen LogP contribution in [0, 0.1) is 6.92 Å². The molecule has 130 valence electrons. The quantitative estimate of drug-likeness (QED) is 0.736. The number of rotatable bonds is 5. The number of nitrogens with one attached hydrogen (secondary N) is 1. The molecule has 3 rings (SSSR count). The van der Waals surface area contributed by atoms with E-state index in [4.69, 9.17) is 8.83 Å². The van der Waals surface area contributed by atoms with Crippen molar-refractivity contribution in [3.05, 3.63) is 64.8 Å². The molecule has 0 bridgehead atoms. The predicted octanol–water partition coefficient (Wildman–Crippen LogP) is 4.33. The van der Waals surface area contributed by atoms with Gasteiger partial charge in [-0.05, 0) is 49.7 Å². The lowest BCUT2D eigenvalue weighted by molar-refractivity contribution is 0.0730. The van der Waals surface area contributed by atoms with Gasteiger partial charge in [-0.3, -0.25) is 9.59 Å². The third-order valence-corrected chi connectivity index (χ3v) is 5.09. The van der Waals surface area contributed by atoms with Crippen LogP contribution >= 0.6 is 11.3 Å². The molecule has 0 aliphatic carbocycles. The van der Waals surface area contributed by atoms with E-state index in [9.17, 15) is 9.59 Å². The van der Waals surface area contributed by atoms with Gasteiger partial charge in [0.25, 0.3) is 11.8 Å². The first kappa shape index (κ1) is 17.0. The highest BCUT2D eigenvalue weighted by Gasteiger charge is 2.24. The average molecular weight is 358 g/mol. The molecule has 0 radical (unpaired) electrons. The lowest BCUT2D eigenvalue weighted by Gasteiger charge is -2.23. The molecule has 0 aliphatic rings. The molecule has 3 aromatic heterocycles. The predicted molar refractivity (Wildman–Crippen MR) is 94.9 cm³/mol. The van der Waals surface area contributed by atoms with Crippen molar-refractivity contribution in [1.29, 1.82) is 0 Å². The highest BCUT2D eigenvalue weighted by Crippen LogP contribution is 2.30. The van der Waals surface area contributed by atoms with Crippen molar-refractivity contribution in [3.63, 3.8) is 0 Å². The van der Waals surface area contributed by atoms with Crippen LogP contribution in [0.1, 0.15) is 44.5 Å². The second kappa shape index (κ2) is 6.98. The van der Waals surface area contributed by atoms with E-state index in [2.05, 4.69) is 5.32 Å². The average Bonchev–Trinajstić information content (AvgIpc) is 3.34. The molecule has 0 aliphatic heterocycles. The summed E-state index contributed by atoms with van der Waals surface area (Å²) in [5, 5.41) is 3.35. The lowest BCUT2D eigenvalue weighted by Crippen LogP contribution is -2.29. The standard InChI is InChI=1S/C18H18N2O4S/c1-11-10-15(19-17(21)14-7-5-9-24-14)25-16(11)18(22)20(3)12(2)13-6-4-8-23-13/h4-10,12H,1-3H3,(H,19,21). The largest absolute Gasteiger partial charge is 0.467 e. The molecular weight excluding hydrogens is 340 g/mol. The first-order valence-electron chi connectivity index (χ1n) is 7.73. The summed E-state index contributed by atoms with van der Waals surface area (Å²) in [5.41, 5.74) is 0.809. The van der Waals surface area contributed by atoms with E-state index in [1.54, 1.807) is 42.5 Å². The minimum Gasteiger partial charge on any atom is -0.467 e. The van der Waals surface area contributed by atoms with Gasteiger partial charge in [0.05, 0.1) is 28.4 Å². The summed E-state index contributed by atoms with van der Waals surface area (Å²) >= 11 is 1.24. The van der Waals surface area contributed by atoms with E-state index in [0.717, 1.165) is 11.3 Å². The SMILES string of the molecule is Cc1cc(NC(=O)c2ccco2)sc1C(=O)N(C)C(C)c1ccco1. The summed E-state index contributed by atoms with van der Waals surface area (Å²) in [6.45, 7) is 3.75. The number of furan rings is 2. The van der Waals surface area contributed by atoms with Crippen LogP contribution in [0.3, 0.4) is 0 Å². The van der Waals surface area contributed by atoms with Crippen molar-refractivity contribution in [2.75, 3.05) is 12.4 Å². The van der Waals surface area contributed by atoms with Gasteiger partial charge < -0.3 is 19.1 Å². The lowest BCUT2D eigenvalue weighted by atomic mass is 10.2. The van der Waals surface area contributed by atoms with Crippen molar-refractivity contribution in [3.8, 4) is 0 Å². The molecule has 0 aromatic carbocycles. The van der Waals surface area contributed by atoms with E-state index >= 15 is 0 Å². The maximum absolute atomic E-state index is 12.8. The van der Waals surface area contributed by atoms with E-state index in [1.165, 1.54) is 17.6 Å². The maximum Gasteiger partial charge on any atom is 0.291 e. The van der Waals surface area contributed by atoms with E-state index in [1.807, 2.05) is 19.9 Å². The van der Waals surface area contributed by atoms with Crippen molar-refractivity contribution in [2.24, 2.45) is 0 Å². The summed E-state index contributed by atoms with van der Waals surface area (Å²) in [5.74, 6) is 0.478. The van der Waals surface area contributed by atoms with Crippen LogP contribution in [0.25, 0.3) is 0 Å². The number of aryl methyl sites for hydroxylation is 1. The summed E-state index contributed by atoms with van der Waals surface area (Å²) in [4.78, 5) is 27.1. The molecule has 0 saturated carbocycles. The van der Waals surface area contributed by atoms with Gasteiger partial charge in [0.1, 0.15) is 5.76 Å². The summed E-state index contributed by atoms with van der Waals surface area (Å²) < 4.78 is 10.4. The van der Waals surface area contributed by atoms with Gasteiger partial charge in [-0.2, -0.15) is 0 Å². The Labute approximate surface area is 149 Å². The number of nitrogens with zero attached hydrogens (tertiary/aromatic N) is 1. The van der Waals surface area contributed by atoms with Crippen molar-refractivity contribution in [2.45, 2.75) is 19.9 Å². The normalized spacial score (nSPS) is 12.0. The number of hydrogen-bond donors (Lipinski definition) is 1. The van der Waals surface area contributed by atoms with Crippen molar-refractivity contribution in [1.82, 2.24) is 4.90 Å². The van der Waals surface area contributed by atoms with Crippen LogP contribution in [-0.2, 0) is 0 Å². The van der Waals surface area contributed by atoms with Gasteiger partial charge in [0.2, 0.25) is 0 Å². The molecule has 1 atom stereocenters. The van der Waals surface area contributed by atoms with Crippen molar-refractivity contribution < 1.29 is 18.4 Å². The molecule has 0 saturated heterocycles. The van der Waals surface area contributed by atoms with Crippen LogP contribution < -0.4 is 5.32 Å². The molecule has 3 aromatic rings. The second-order valence-electron chi connectivity index (χ2n) is 5.66. The third kappa shape index (κ3) is 3.51. The zero-order valence-electron chi connectivity index (χ0n) is 14.1. The van der Waals surface area contributed by atoms with Gasteiger partial charge in [-0.25, -0.2) is 0 Å². The van der Waals surface area contributed by atoms with Gasteiger partial charge in [0, 0.05) is 7.05 Å². The molecule has 7 heteroatoms. The molecule has 25 heavy (non-hydrogen) atoms. The minimum atomic E-state index is -0.345. The Hall–Kier alpha value is -2.80. The highest BCUT2D eigenvalue weighted by atomic mass is 32.1. The Morgan fingerprint density at radius 2 is 1.92 bits per heavy atom. The van der Waals surface area contributed by atoms with Crippen LogP contribution in [-0.4, -0.2) is 23.8 Å². The first-order valence-corrected chi connectivity index (χ1v) is 8.55. The number of thiophene rings is 1. The Kier molecular flexibility index (Phi) is 4.76. The summed E-state index contributed by atoms with van der Waals surface area (Å²) in [7, 11) is 1.73. The highest BCUT2D eigenvalue weighted by molar-refractivity contribution is 7.18. The maximum atomic E-state index is 12.8. The molecule has 2 amide bonds. The fourth-order valence-corrected chi connectivity index (χ4v) is 3.44. The number of anilines is 1. The minimum absolute atomic E-state index is 0.120. The Morgan fingerprint density at radius 1 is 1.20 bits per heavy atom. The van der Waals surface area contributed by atoms with Crippen LogP contribution in [0.2, 0.25) is 0 Å². The van der Waals surface area contributed by atoms with E-state index in [0.29, 0.717) is 9.88 Å². The Morgan fingerprint density at radius 3 is 2.56 bits per heavy atom. The molecule has 6 nitrogen and oxygen atoms in total. The number of hydrogen-bond acceptors (Lipinski definition) is 5. The van der Waals surface area contributed by atoms with Gasteiger partial charge >= 0.3 is 0 Å². The van der Waals surface area contributed by atoms with E-state index in [-0.39, 0.29) is 23.6 Å². The van der Waals surface area contributed by atoms with Crippen LogP contribution in [0.5, 0.6) is 0 Å². The Bertz CT molecular complexity index is 865. The molecule has 1 unspecified atom stereocenters. The molecule has 0 fully saturated rings. The Balaban J connectivity index is 1.75. The van der Waals surface area contributed by atoms with Crippen LogP contribution in [0.15, 0.2) is 51.7 Å². The van der Waals surface area contributed by atoms with Gasteiger partial charge in [-0.1, -0.05) is 0 Å². The number of amides is 2. The monoisotopic (exact) mass is 358 g/mol. The third-order valence-electron chi connectivity index (χ3n) is 3.95. The van der Waals surface area contributed by atoms with Crippen LogP contribution in [0.4, 0.5) is 5.00 Å². The molecule has 1 N–H and O–H groups in total. The van der Waals surface area contributed by atoms with Gasteiger partial charge in [0.15, 0.2) is 5.76 Å². The molecular formula is C18H18N2O4S. The second-order valence-corrected chi connectivity index (χ2v) is 6.71. The zero-order chi connectivity index (χ0) is 18.0.